The Morgan fingerprint density at radius 2 is 2.10 bits per heavy atom. The van der Waals surface area contributed by atoms with Crippen LogP contribution < -0.4 is 5.73 Å². The summed E-state index contributed by atoms with van der Waals surface area (Å²) < 4.78 is 5.20. The zero-order valence-electron chi connectivity index (χ0n) is 12.5. The molecule has 1 heterocycles. The van der Waals surface area contributed by atoms with Gasteiger partial charge >= 0.3 is 0 Å². The third-order valence-electron chi connectivity index (χ3n) is 4.16. The maximum absolute atomic E-state index is 5.95. The van der Waals surface area contributed by atoms with Crippen molar-refractivity contribution in [3.8, 4) is 0 Å². The summed E-state index contributed by atoms with van der Waals surface area (Å²) in [6, 6.07) is 9.21. The normalized spacial score (nSPS) is 23.4. The van der Waals surface area contributed by atoms with Gasteiger partial charge < -0.3 is 10.5 Å². The SMILES string of the molecule is COCc1cccc(CN2CCCC(C)C2CN)c1.Cl. The zero-order valence-corrected chi connectivity index (χ0v) is 13.4. The highest BCUT2D eigenvalue weighted by atomic mass is 35.5. The second kappa shape index (κ2) is 8.63. The Bertz CT molecular complexity index is 400. The smallest absolute Gasteiger partial charge is 0.0713 e. The Morgan fingerprint density at radius 3 is 2.80 bits per heavy atom. The van der Waals surface area contributed by atoms with E-state index >= 15 is 0 Å². The van der Waals surface area contributed by atoms with Gasteiger partial charge in [-0.25, -0.2) is 0 Å². The largest absolute Gasteiger partial charge is 0.380 e. The van der Waals surface area contributed by atoms with E-state index in [1.165, 1.54) is 30.5 Å². The van der Waals surface area contributed by atoms with Crippen molar-refractivity contribution >= 4 is 12.4 Å². The van der Waals surface area contributed by atoms with Crippen LogP contribution in [0.4, 0.5) is 0 Å². The van der Waals surface area contributed by atoms with Crippen LogP contribution in [0.15, 0.2) is 24.3 Å². The molecule has 1 aliphatic rings. The minimum absolute atomic E-state index is 0. The van der Waals surface area contributed by atoms with Gasteiger partial charge in [0.1, 0.15) is 0 Å². The number of hydrogen-bond donors (Lipinski definition) is 1. The number of benzene rings is 1. The van der Waals surface area contributed by atoms with Crippen LogP contribution in [0.25, 0.3) is 0 Å². The average Bonchev–Trinajstić information content (AvgIpc) is 2.40. The fraction of sp³-hybridized carbons (Fsp3) is 0.625. The van der Waals surface area contributed by atoms with Crippen LogP contribution in [0.2, 0.25) is 0 Å². The number of likely N-dealkylation sites (tertiary alicyclic amines) is 1. The van der Waals surface area contributed by atoms with E-state index in [1.54, 1.807) is 7.11 Å². The minimum Gasteiger partial charge on any atom is -0.380 e. The van der Waals surface area contributed by atoms with E-state index in [9.17, 15) is 0 Å². The highest BCUT2D eigenvalue weighted by Crippen LogP contribution is 2.24. The van der Waals surface area contributed by atoms with Crippen LogP contribution in [0, 0.1) is 5.92 Å². The molecule has 1 aromatic carbocycles. The molecule has 0 bridgehead atoms. The van der Waals surface area contributed by atoms with Crippen molar-refractivity contribution in [3.05, 3.63) is 35.4 Å². The van der Waals surface area contributed by atoms with Crippen molar-refractivity contribution in [1.82, 2.24) is 4.90 Å². The lowest BCUT2D eigenvalue weighted by Gasteiger charge is -2.39. The Labute approximate surface area is 128 Å². The van der Waals surface area contributed by atoms with Gasteiger partial charge in [0.15, 0.2) is 0 Å². The topological polar surface area (TPSA) is 38.5 Å². The van der Waals surface area contributed by atoms with Crippen LogP contribution in [0.1, 0.15) is 30.9 Å². The van der Waals surface area contributed by atoms with E-state index in [-0.39, 0.29) is 12.4 Å². The molecule has 1 aromatic rings. The molecule has 4 heteroatoms. The molecule has 2 unspecified atom stereocenters. The highest BCUT2D eigenvalue weighted by molar-refractivity contribution is 5.85. The zero-order chi connectivity index (χ0) is 13.7. The first-order valence-corrected chi connectivity index (χ1v) is 7.25. The molecule has 0 saturated carbocycles. The molecule has 0 spiro atoms. The molecule has 1 saturated heterocycles. The first-order chi connectivity index (χ1) is 9.24. The van der Waals surface area contributed by atoms with E-state index in [1.807, 2.05) is 0 Å². The van der Waals surface area contributed by atoms with Crippen LogP contribution in [0.3, 0.4) is 0 Å². The second-order valence-electron chi connectivity index (χ2n) is 5.65. The fourth-order valence-electron chi connectivity index (χ4n) is 3.13. The second-order valence-corrected chi connectivity index (χ2v) is 5.65. The third kappa shape index (κ3) is 4.45. The standard InChI is InChI=1S/C16H26N2O.ClH/c1-13-5-4-8-18(16(13)10-17)11-14-6-3-7-15(9-14)12-19-2;/h3,6-7,9,13,16H,4-5,8,10-12,17H2,1-2H3;1H. The van der Waals surface area contributed by atoms with Crippen LogP contribution >= 0.6 is 12.4 Å². The number of halogens is 1. The van der Waals surface area contributed by atoms with Crippen molar-refractivity contribution < 1.29 is 4.74 Å². The molecule has 1 fully saturated rings. The van der Waals surface area contributed by atoms with Crippen LogP contribution in [-0.4, -0.2) is 31.1 Å². The number of methoxy groups -OCH3 is 1. The first kappa shape index (κ1) is 17.4. The van der Waals surface area contributed by atoms with Gasteiger partial charge in [-0.3, -0.25) is 4.90 Å². The number of ether oxygens (including phenoxy) is 1. The lowest BCUT2D eigenvalue weighted by atomic mass is 9.90. The molecule has 0 amide bonds. The predicted molar refractivity (Wildman–Crippen MR) is 86.1 cm³/mol. The Kier molecular flexibility index (Phi) is 7.52. The number of nitrogens with zero attached hydrogens (tertiary/aromatic N) is 1. The minimum atomic E-state index is 0. The molecular weight excluding hydrogens is 272 g/mol. The van der Waals surface area contributed by atoms with E-state index < -0.39 is 0 Å². The number of hydrogen-bond acceptors (Lipinski definition) is 3. The third-order valence-corrected chi connectivity index (χ3v) is 4.16. The lowest BCUT2D eigenvalue weighted by molar-refractivity contribution is 0.0990. The lowest BCUT2D eigenvalue weighted by Crippen LogP contribution is -2.48. The maximum Gasteiger partial charge on any atom is 0.0713 e. The molecule has 3 nitrogen and oxygen atoms in total. The summed E-state index contributed by atoms with van der Waals surface area (Å²) in [6.07, 6.45) is 2.59. The Balaban J connectivity index is 0.00000200. The molecule has 1 aliphatic heterocycles. The summed E-state index contributed by atoms with van der Waals surface area (Å²) in [6.45, 7) is 5.94. The molecule has 0 aliphatic carbocycles. The molecule has 0 aromatic heterocycles. The Hall–Kier alpha value is -0.610. The first-order valence-electron chi connectivity index (χ1n) is 7.25. The molecule has 20 heavy (non-hydrogen) atoms. The van der Waals surface area contributed by atoms with E-state index in [4.69, 9.17) is 10.5 Å². The van der Waals surface area contributed by atoms with Gasteiger partial charge in [0, 0.05) is 26.2 Å². The van der Waals surface area contributed by atoms with Crippen LogP contribution in [0.5, 0.6) is 0 Å². The van der Waals surface area contributed by atoms with Gasteiger partial charge in [-0.15, -0.1) is 12.4 Å². The van der Waals surface area contributed by atoms with Crippen molar-refractivity contribution in [2.75, 3.05) is 20.2 Å². The van der Waals surface area contributed by atoms with Gasteiger partial charge in [0.05, 0.1) is 6.61 Å². The van der Waals surface area contributed by atoms with Crippen molar-refractivity contribution in [1.29, 1.82) is 0 Å². The average molecular weight is 299 g/mol. The summed E-state index contributed by atoms with van der Waals surface area (Å²) in [5, 5.41) is 0. The van der Waals surface area contributed by atoms with E-state index in [0.29, 0.717) is 18.6 Å². The van der Waals surface area contributed by atoms with Crippen molar-refractivity contribution in [3.63, 3.8) is 0 Å². The van der Waals surface area contributed by atoms with Gasteiger partial charge in [0.25, 0.3) is 0 Å². The van der Waals surface area contributed by atoms with Crippen LogP contribution in [-0.2, 0) is 17.9 Å². The summed E-state index contributed by atoms with van der Waals surface area (Å²) in [5.41, 5.74) is 8.56. The molecule has 0 radical (unpaired) electrons. The summed E-state index contributed by atoms with van der Waals surface area (Å²) in [5.74, 6) is 0.709. The summed E-state index contributed by atoms with van der Waals surface area (Å²) in [7, 11) is 1.74. The maximum atomic E-state index is 5.95. The molecular formula is C16H27ClN2O. The fourth-order valence-corrected chi connectivity index (χ4v) is 3.13. The molecule has 2 atom stereocenters. The Morgan fingerprint density at radius 1 is 1.35 bits per heavy atom. The quantitative estimate of drug-likeness (QED) is 0.908. The predicted octanol–water partition coefficient (Wildman–Crippen LogP) is 2.81. The molecule has 2 N–H and O–H groups in total. The van der Waals surface area contributed by atoms with Crippen molar-refractivity contribution in [2.45, 2.75) is 39.0 Å². The van der Waals surface area contributed by atoms with E-state index in [0.717, 1.165) is 13.1 Å². The summed E-state index contributed by atoms with van der Waals surface area (Å²) in [4.78, 5) is 2.54. The van der Waals surface area contributed by atoms with E-state index in [2.05, 4.69) is 36.1 Å². The van der Waals surface area contributed by atoms with Crippen molar-refractivity contribution in [2.24, 2.45) is 11.7 Å². The number of rotatable bonds is 5. The number of nitrogens with two attached hydrogens (primary N) is 1. The molecule has 114 valence electrons. The molecule has 2 rings (SSSR count). The highest BCUT2D eigenvalue weighted by Gasteiger charge is 2.27. The number of piperidine rings is 1. The van der Waals surface area contributed by atoms with Gasteiger partial charge in [0.2, 0.25) is 0 Å². The van der Waals surface area contributed by atoms with Gasteiger partial charge in [-0.1, -0.05) is 31.2 Å². The summed E-state index contributed by atoms with van der Waals surface area (Å²) >= 11 is 0. The van der Waals surface area contributed by atoms with Gasteiger partial charge in [-0.2, -0.15) is 0 Å². The monoisotopic (exact) mass is 298 g/mol. The van der Waals surface area contributed by atoms with Gasteiger partial charge in [-0.05, 0) is 36.4 Å².